The van der Waals surface area contributed by atoms with E-state index in [9.17, 15) is 4.79 Å². The minimum Gasteiger partial charge on any atom is -0.490 e. The molecule has 1 saturated heterocycles. The van der Waals surface area contributed by atoms with Crippen LogP contribution in [-0.4, -0.2) is 34.8 Å². The van der Waals surface area contributed by atoms with Crippen LogP contribution in [0.2, 0.25) is 0 Å². The molecule has 24 heavy (non-hydrogen) atoms. The second kappa shape index (κ2) is 8.49. The molecule has 1 aliphatic heterocycles. The summed E-state index contributed by atoms with van der Waals surface area (Å²) in [6.07, 6.45) is 9.01. The molecule has 128 valence electrons. The van der Waals surface area contributed by atoms with Gasteiger partial charge in [0.25, 0.3) is 0 Å². The topological polar surface area (TPSA) is 65.4 Å². The number of nitrogens with zero attached hydrogens (tertiary/aromatic N) is 2. The SMILES string of the molecule is O=C(CC[C@H]1CCCO1)Nc1ccccc1OCCn1ccnc1. The minimum atomic E-state index is -0.00356. The van der Waals surface area contributed by atoms with Crippen molar-refractivity contribution in [1.82, 2.24) is 9.55 Å². The molecule has 1 aliphatic rings. The Morgan fingerprint density at radius 1 is 1.42 bits per heavy atom. The average Bonchev–Trinajstić information content (AvgIpc) is 3.28. The lowest BCUT2D eigenvalue weighted by atomic mass is 10.1. The Balaban J connectivity index is 1.48. The van der Waals surface area contributed by atoms with Gasteiger partial charge >= 0.3 is 0 Å². The van der Waals surface area contributed by atoms with E-state index < -0.39 is 0 Å². The first-order chi connectivity index (χ1) is 11.8. The number of para-hydroxylation sites is 2. The molecular formula is C18H23N3O3. The standard InChI is InChI=1S/C18H23N3O3/c22-18(8-7-15-4-3-12-23-15)20-16-5-1-2-6-17(16)24-13-11-21-10-9-19-14-21/h1-2,5-6,9-10,14-15H,3-4,7-8,11-13H2,(H,20,22)/t15-/m1/s1. The molecule has 0 bridgehead atoms. The Hall–Kier alpha value is -2.34. The van der Waals surface area contributed by atoms with Gasteiger partial charge in [0.15, 0.2) is 0 Å². The van der Waals surface area contributed by atoms with Gasteiger partial charge in [-0.15, -0.1) is 0 Å². The summed E-state index contributed by atoms with van der Waals surface area (Å²) >= 11 is 0. The monoisotopic (exact) mass is 329 g/mol. The van der Waals surface area contributed by atoms with Crippen molar-refractivity contribution in [2.24, 2.45) is 0 Å². The molecule has 3 rings (SSSR count). The third-order valence-corrected chi connectivity index (χ3v) is 4.04. The molecule has 0 radical (unpaired) electrons. The van der Waals surface area contributed by atoms with Crippen molar-refractivity contribution >= 4 is 11.6 Å². The minimum absolute atomic E-state index is 0.00356. The van der Waals surface area contributed by atoms with E-state index in [-0.39, 0.29) is 12.0 Å². The largest absolute Gasteiger partial charge is 0.490 e. The van der Waals surface area contributed by atoms with Crippen molar-refractivity contribution in [2.75, 3.05) is 18.5 Å². The van der Waals surface area contributed by atoms with E-state index in [4.69, 9.17) is 9.47 Å². The smallest absolute Gasteiger partial charge is 0.224 e. The molecule has 0 saturated carbocycles. The average molecular weight is 329 g/mol. The van der Waals surface area contributed by atoms with Crippen LogP contribution in [0.3, 0.4) is 0 Å². The lowest BCUT2D eigenvalue weighted by Crippen LogP contribution is -2.16. The van der Waals surface area contributed by atoms with Gasteiger partial charge in [0.05, 0.1) is 24.7 Å². The first-order valence-corrected chi connectivity index (χ1v) is 8.40. The zero-order valence-corrected chi connectivity index (χ0v) is 13.7. The van der Waals surface area contributed by atoms with Gasteiger partial charge in [-0.1, -0.05) is 12.1 Å². The van der Waals surface area contributed by atoms with Crippen LogP contribution >= 0.6 is 0 Å². The van der Waals surface area contributed by atoms with Gasteiger partial charge in [-0.25, -0.2) is 4.98 Å². The Bertz CT molecular complexity index is 637. The van der Waals surface area contributed by atoms with E-state index in [0.717, 1.165) is 25.9 Å². The Kier molecular flexibility index (Phi) is 5.85. The molecule has 1 fully saturated rings. The molecule has 2 heterocycles. The quantitative estimate of drug-likeness (QED) is 0.809. The number of nitrogens with one attached hydrogen (secondary N) is 1. The van der Waals surface area contributed by atoms with Crippen LogP contribution in [0.4, 0.5) is 5.69 Å². The summed E-state index contributed by atoms with van der Waals surface area (Å²) in [6, 6.07) is 7.51. The summed E-state index contributed by atoms with van der Waals surface area (Å²) in [6.45, 7) is 2.04. The Labute approximate surface area is 141 Å². The van der Waals surface area contributed by atoms with E-state index >= 15 is 0 Å². The van der Waals surface area contributed by atoms with Gasteiger partial charge in [-0.3, -0.25) is 4.79 Å². The van der Waals surface area contributed by atoms with Crippen LogP contribution in [0, 0.1) is 0 Å². The Morgan fingerprint density at radius 2 is 2.33 bits per heavy atom. The van der Waals surface area contributed by atoms with Crippen LogP contribution < -0.4 is 10.1 Å². The predicted octanol–water partition coefficient (Wildman–Crippen LogP) is 2.86. The fourth-order valence-electron chi connectivity index (χ4n) is 2.75. The highest BCUT2D eigenvalue weighted by Crippen LogP contribution is 2.24. The van der Waals surface area contributed by atoms with Gasteiger partial charge in [0.1, 0.15) is 12.4 Å². The summed E-state index contributed by atoms with van der Waals surface area (Å²) in [7, 11) is 0. The molecule has 1 N–H and O–H groups in total. The fraction of sp³-hybridized carbons (Fsp3) is 0.444. The van der Waals surface area contributed by atoms with E-state index in [0.29, 0.717) is 31.0 Å². The van der Waals surface area contributed by atoms with Crippen LogP contribution in [0.5, 0.6) is 5.75 Å². The zero-order chi connectivity index (χ0) is 16.6. The molecule has 1 aromatic heterocycles. The van der Waals surface area contributed by atoms with Crippen molar-refractivity contribution in [3.63, 3.8) is 0 Å². The summed E-state index contributed by atoms with van der Waals surface area (Å²) in [5, 5.41) is 2.94. The molecule has 1 amide bonds. The fourth-order valence-corrected chi connectivity index (χ4v) is 2.75. The van der Waals surface area contributed by atoms with Crippen LogP contribution in [-0.2, 0) is 16.1 Å². The summed E-state index contributed by atoms with van der Waals surface area (Å²) < 4.78 is 13.3. The number of amides is 1. The van der Waals surface area contributed by atoms with Crippen molar-refractivity contribution < 1.29 is 14.3 Å². The molecule has 0 spiro atoms. The molecule has 1 aromatic carbocycles. The predicted molar refractivity (Wildman–Crippen MR) is 91.0 cm³/mol. The van der Waals surface area contributed by atoms with Crippen molar-refractivity contribution in [3.05, 3.63) is 43.0 Å². The highest BCUT2D eigenvalue weighted by Gasteiger charge is 2.17. The van der Waals surface area contributed by atoms with Gasteiger partial charge in [0.2, 0.25) is 5.91 Å². The first kappa shape index (κ1) is 16.5. The number of ether oxygens (including phenoxy) is 2. The number of hydrogen-bond acceptors (Lipinski definition) is 4. The third kappa shape index (κ3) is 4.83. The summed E-state index contributed by atoms with van der Waals surface area (Å²) in [5.41, 5.74) is 0.709. The van der Waals surface area contributed by atoms with E-state index in [1.54, 1.807) is 12.5 Å². The maximum atomic E-state index is 12.1. The lowest BCUT2D eigenvalue weighted by molar-refractivity contribution is -0.116. The van der Waals surface area contributed by atoms with E-state index in [2.05, 4.69) is 10.3 Å². The number of hydrogen-bond donors (Lipinski definition) is 1. The molecular weight excluding hydrogens is 306 g/mol. The maximum absolute atomic E-state index is 12.1. The normalized spacial score (nSPS) is 16.9. The second-order valence-corrected chi connectivity index (χ2v) is 5.87. The van der Waals surface area contributed by atoms with E-state index in [1.807, 2.05) is 35.0 Å². The van der Waals surface area contributed by atoms with Crippen LogP contribution in [0.15, 0.2) is 43.0 Å². The van der Waals surface area contributed by atoms with Gasteiger partial charge in [-0.2, -0.15) is 0 Å². The number of carbonyl (C=O) groups excluding carboxylic acids is 1. The summed E-state index contributed by atoms with van der Waals surface area (Å²) in [5.74, 6) is 0.680. The second-order valence-electron chi connectivity index (χ2n) is 5.87. The zero-order valence-electron chi connectivity index (χ0n) is 13.7. The van der Waals surface area contributed by atoms with E-state index in [1.165, 1.54) is 0 Å². The van der Waals surface area contributed by atoms with Crippen LogP contribution in [0.25, 0.3) is 0 Å². The Morgan fingerprint density at radius 3 is 3.12 bits per heavy atom. The number of imidazole rings is 1. The molecule has 2 aromatic rings. The molecule has 0 unspecified atom stereocenters. The number of anilines is 1. The molecule has 0 aliphatic carbocycles. The highest BCUT2D eigenvalue weighted by atomic mass is 16.5. The third-order valence-electron chi connectivity index (χ3n) is 4.04. The highest BCUT2D eigenvalue weighted by molar-refractivity contribution is 5.92. The number of aromatic nitrogens is 2. The van der Waals surface area contributed by atoms with Crippen LogP contribution in [0.1, 0.15) is 25.7 Å². The number of rotatable bonds is 8. The molecule has 6 nitrogen and oxygen atoms in total. The lowest BCUT2D eigenvalue weighted by Gasteiger charge is -2.13. The number of carbonyl (C=O) groups is 1. The van der Waals surface area contributed by atoms with Gasteiger partial charge in [-0.05, 0) is 31.4 Å². The van der Waals surface area contributed by atoms with Crippen molar-refractivity contribution in [1.29, 1.82) is 0 Å². The van der Waals surface area contributed by atoms with Gasteiger partial charge < -0.3 is 19.4 Å². The van der Waals surface area contributed by atoms with Crippen molar-refractivity contribution in [2.45, 2.75) is 38.3 Å². The van der Waals surface area contributed by atoms with Gasteiger partial charge in [0, 0.05) is 25.4 Å². The van der Waals surface area contributed by atoms with Crippen molar-refractivity contribution in [3.8, 4) is 5.75 Å². The first-order valence-electron chi connectivity index (χ1n) is 8.40. The maximum Gasteiger partial charge on any atom is 0.224 e. The summed E-state index contributed by atoms with van der Waals surface area (Å²) in [4.78, 5) is 16.1. The molecule has 1 atom stereocenters. The number of benzene rings is 1. The molecule has 6 heteroatoms.